The zero-order valence-electron chi connectivity index (χ0n) is 19.0. The van der Waals surface area contributed by atoms with Crippen LogP contribution in [0.1, 0.15) is 30.5 Å². The fraction of sp³-hybridized carbons (Fsp3) is 0.364. The van der Waals surface area contributed by atoms with Crippen molar-refractivity contribution in [3.8, 4) is 11.3 Å². The number of halogens is 3. The van der Waals surface area contributed by atoms with E-state index < -0.39 is 27.4 Å². The van der Waals surface area contributed by atoms with Crippen LogP contribution in [0.3, 0.4) is 0 Å². The van der Waals surface area contributed by atoms with Gasteiger partial charge in [0.15, 0.2) is 17.2 Å². The number of fused-ring (bicyclic) bond motifs is 1. The van der Waals surface area contributed by atoms with Crippen molar-refractivity contribution in [1.82, 2.24) is 33.9 Å². The predicted octanol–water partition coefficient (Wildman–Crippen LogP) is 2.80. The number of hydrogen-bond donors (Lipinski definition) is 2. The smallest absolute Gasteiger partial charge is 0.381 e. The first-order valence-electron chi connectivity index (χ1n) is 11.1. The highest BCUT2D eigenvalue weighted by Gasteiger charge is 2.69. The highest BCUT2D eigenvalue weighted by atomic mass is 32.2. The number of rotatable bonds is 6. The topological polar surface area (TPSA) is 133 Å². The van der Waals surface area contributed by atoms with Crippen LogP contribution in [0.25, 0.3) is 16.9 Å². The number of nitrogen functional groups attached to an aromatic ring is 1. The van der Waals surface area contributed by atoms with Crippen LogP contribution in [0.4, 0.5) is 19.0 Å². The number of aromatic nitrogens is 6. The summed E-state index contributed by atoms with van der Waals surface area (Å²) in [6.45, 7) is 2.43. The third-order valence-corrected chi connectivity index (χ3v) is 8.64. The molecule has 0 unspecified atom stereocenters. The standard InChI is InChI=1S/C22H21F3N8O2S/c1-13-2-3-14(36(34,35)31-21-7-20(8-21,9-21)10-32-12-27-11-29-32)4-15(13)16-5-28-19-18(26)30-17(6-33(16)19)22(23,24)25/h2-6,11-12,31H,7-10H2,1H3,(H2,26,30). The lowest BCUT2D eigenvalue weighted by atomic mass is 9.40. The van der Waals surface area contributed by atoms with Crippen molar-refractivity contribution < 1.29 is 21.6 Å². The van der Waals surface area contributed by atoms with E-state index in [1.165, 1.54) is 29.1 Å². The number of nitrogens with zero attached hydrogens (tertiary/aromatic N) is 6. The molecule has 188 valence electrons. The van der Waals surface area contributed by atoms with E-state index in [0.717, 1.165) is 6.20 Å². The maximum Gasteiger partial charge on any atom is 0.434 e. The highest BCUT2D eigenvalue weighted by Crippen LogP contribution is 2.68. The Morgan fingerprint density at radius 2 is 1.97 bits per heavy atom. The third-order valence-electron chi connectivity index (χ3n) is 7.06. The number of anilines is 1. The van der Waals surface area contributed by atoms with Gasteiger partial charge in [0.05, 0.1) is 16.8 Å². The van der Waals surface area contributed by atoms with E-state index in [1.54, 1.807) is 24.0 Å². The molecule has 3 fully saturated rings. The Morgan fingerprint density at radius 1 is 1.22 bits per heavy atom. The molecule has 10 nitrogen and oxygen atoms in total. The molecule has 0 aliphatic heterocycles. The van der Waals surface area contributed by atoms with Crippen LogP contribution in [0.5, 0.6) is 0 Å². The van der Waals surface area contributed by atoms with Gasteiger partial charge in [-0.25, -0.2) is 28.1 Å². The summed E-state index contributed by atoms with van der Waals surface area (Å²) in [5.74, 6) is -0.373. The number of alkyl halides is 3. The van der Waals surface area contributed by atoms with Gasteiger partial charge in [0, 0.05) is 23.8 Å². The lowest BCUT2D eigenvalue weighted by Gasteiger charge is -2.70. The van der Waals surface area contributed by atoms with E-state index in [9.17, 15) is 21.6 Å². The molecule has 3 aliphatic carbocycles. The highest BCUT2D eigenvalue weighted by molar-refractivity contribution is 7.89. The number of imidazole rings is 1. The van der Waals surface area contributed by atoms with Crippen molar-refractivity contribution in [3.05, 3.63) is 54.5 Å². The molecular formula is C22H21F3N8O2S. The molecule has 3 heterocycles. The second-order valence-corrected chi connectivity index (χ2v) is 11.5. The number of nitrogens with one attached hydrogen (secondary N) is 1. The third kappa shape index (κ3) is 3.54. The SMILES string of the molecule is Cc1ccc(S(=O)(=O)NC23CC(Cn4cncn4)(C2)C3)cc1-c1cnc2c(N)nc(C(F)(F)F)cn12. The Hall–Kier alpha value is -3.52. The Kier molecular flexibility index (Phi) is 4.62. The van der Waals surface area contributed by atoms with Gasteiger partial charge in [0.1, 0.15) is 12.7 Å². The molecule has 14 heteroatoms. The average molecular weight is 519 g/mol. The first kappa shape index (κ1) is 22.9. The fourth-order valence-corrected chi connectivity index (χ4v) is 7.09. The molecule has 1 aromatic carbocycles. The van der Waals surface area contributed by atoms with Crippen molar-refractivity contribution in [3.63, 3.8) is 0 Å². The second kappa shape index (κ2) is 7.26. The van der Waals surface area contributed by atoms with Crippen molar-refractivity contribution in [2.24, 2.45) is 5.41 Å². The Bertz CT molecular complexity index is 1590. The molecule has 0 amide bonds. The number of nitrogens with two attached hydrogens (primary N) is 1. The normalized spacial score (nSPS) is 23.4. The first-order valence-corrected chi connectivity index (χ1v) is 12.6. The number of sulfonamides is 1. The van der Waals surface area contributed by atoms with Crippen LogP contribution in [-0.2, 0) is 22.7 Å². The molecule has 3 saturated carbocycles. The van der Waals surface area contributed by atoms with E-state index in [1.807, 2.05) is 0 Å². The molecule has 7 rings (SSSR count). The van der Waals surface area contributed by atoms with Crippen LogP contribution in [0.2, 0.25) is 0 Å². The van der Waals surface area contributed by atoms with E-state index in [0.29, 0.717) is 36.9 Å². The summed E-state index contributed by atoms with van der Waals surface area (Å²) < 4.78 is 72.3. The molecule has 3 N–H and O–H groups in total. The van der Waals surface area contributed by atoms with Crippen molar-refractivity contribution >= 4 is 21.5 Å². The Balaban J connectivity index is 1.29. The van der Waals surface area contributed by atoms with E-state index in [4.69, 9.17) is 5.73 Å². The minimum absolute atomic E-state index is 0.0196. The van der Waals surface area contributed by atoms with Gasteiger partial charge in [-0.15, -0.1) is 0 Å². The molecule has 0 spiro atoms. The summed E-state index contributed by atoms with van der Waals surface area (Å²) in [4.78, 5) is 11.5. The number of hydrogen-bond acceptors (Lipinski definition) is 7. The minimum atomic E-state index is -4.71. The van der Waals surface area contributed by atoms with Gasteiger partial charge in [-0.1, -0.05) is 6.07 Å². The summed E-state index contributed by atoms with van der Waals surface area (Å²) in [5, 5.41) is 4.13. The van der Waals surface area contributed by atoms with Gasteiger partial charge in [-0.3, -0.25) is 9.08 Å². The van der Waals surface area contributed by atoms with Crippen LogP contribution < -0.4 is 10.5 Å². The summed E-state index contributed by atoms with van der Waals surface area (Å²) in [5.41, 5.74) is 5.50. The van der Waals surface area contributed by atoms with Crippen LogP contribution in [0.15, 0.2) is 48.1 Å². The van der Waals surface area contributed by atoms with Crippen LogP contribution in [0, 0.1) is 12.3 Å². The van der Waals surface area contributed by atoms with Gasteiger partial charge in [-0.05, 0) is 49.3 Å². The van der Waals surface area contributed by atoms with Crippen molar-refractivity contribution in [2.45, 2.75) is 49.3 Å². The van der Waals surface area contributed by atoms with Gasteiger partial charge < -0.3 is 5.73 Å². The molecule has 3 aliphatic rings. The van der Waals surface area contributed by atoms with E-state index in [-0.39, 0.29) is 27.5 Å². The summed E-state index contributed by atoms with van der Waals surface area (Å²) in [7, 11) is -3.88. The predicted molar refractivity (Wildman–Crippen MR) is 122 cm³/mol. The molecule has 0 radical (unpaired) electrons. The maximum absolute atomic E-state index is 13.3. The zero-order valence-corrected chi connectivity index (χ0v) is 19.8. The fourth-order valence-electron chi connectivity index (χ4n) is 5.67. The zero-order chi connectivity index (χ0) is 25.5. The van der Waals surface area contributed by atoms with Gasteiger partial charge in [0.25, 0.3) is 0 Å². The lowest BCUT2D eigenvalue weighted by molar-refractivity contribution is -0.153. The maximum atomic E-state index is 13.3. The summed E-state index contributed by atoms with van der Waals surface area (Å²) >= 11 is 0. The Morgan fingerprint density at radius 3 is 2.64 bits per heavy atom. The molecule has 36 heavy (non-hydrogen) atoms. The Labute approximate surface area is 203 Å². The van der Waals surface area contributed by atoms with Crippen LogP contribution in [-0.4, -0.2) is 43.1 Å². The summed E-state index contributed by atoms with van der Waals surface area (Å²) in [6.07, 6.45) is 2.69. The second-order valence-electron chi connectivity index (χ2n) is 9.83. The van der Waals surface area contributed by atoms with Crippen molar-refractivity contribution in [2.75, 3.05) is 5.73 Å². The quantitative estimate of drug-likeness (QED) is 0.401. The van der Waals surface area contributed by atoms with E-state index in [2.05, 4.69) is 24.8 Å². The van der Waals surface area contributed by atoms with Crippen LogP contribution >= 0.6 is 0 Å². The molecule has 4 aromatic rings. The molecule has 0 atom stereocenters. The largest absolute Gasteiger partial charge is 0.434 e. The van der Waals surface area contributed by atoms with Crippen molar-refractivity contribution in [1.29, 1.82) is 0 Å². The first-order chi connectivity index (χ1) is 16.9. The monoisotopic (exact) mass is 518 g/mol. The van der Waals surface area contributed by atoms with E-state index >= 15 is 0 Å². The minimum Gasteiger partial charge on any atom is -0.381 e. The molecular weight excluding hydrogens is 497 g/mol. The number of benzene rings is 1. The molecule has 2 bridgehead atoms. The van der Waals surface area contributed by atoms with Gasteiger partial charge in [0.2, 0.25) is 10.0 Å². The lowest BCUT2D eigenvalue weighted by Crippen LogP contribution is -2.75. The molecule has 0 saturated heterocycles. The van der Waals surface area contributed by atoms with Gasteiger partial charge in [-0.2, -0.15) is 18.3 Å². The number of aryl methyl sites for hydroxylation is 1. The van der Waals surface area contributed by atoms with Gasteiger partial charge >= 0.3 is 6.18 Å². The summed E-state index contributed by atoms with van der Waals surface area (Å²) in [6, 6.07) is 4.55. The average Bonchev–Trinajstić information content (AvgIpc) is 3.41. The molecule has 3 aromatic heterocycles.